The molecule has 1 fully saturated rings. The zero-order chi connectivity index (χ0) is 22.7. The minimum atomic E-state index is -0.199. The highest BCUT2D eigenvalue weighted by Crippen LogP contribution is 2.44. The monoisotopic (exact) mass is 435 g/mol. The summed E-state index contributed by atoms with van der Waals surface area (Å²) in [5, 5.41) is 4.57. The van der Waals surface area contributed by atoms with Crippen LogP contribution >= 0.6 is 0 Å². The number of Topliss-reactive ketones (excluding diaryl/α,β-unsaturated/α-hetero) is 1. The van der Waals surface area contributed by atoms with Crippen molar-refractivity contribution >= 4 is 11.6 Å². The third-order valence-electron chi connectivity index (χ3n) is 7.66. The molecule has 5 nitrogen and oxygen atoms in total. The molecule has 1 aliphatic rings. The van der Waals surface area contributed by atoms with Gasteiger partial charge < -0.3 is 4.42 Å². The van der Waals surface area contributed by atoms with Crippen molar-refractivity contribution in [3.8, 4) is 11.3 Å². The molecule has 1 aliphatic carbocycles. The van der Waals surface area contributed by atoms with Gasteiger partial charge in [-0.05, 0) is 56.4 Å². The molecule has 5 heteroatoms. The van der Waals surface area contributed by atoms with Crippen LogP contribution in [0.1, 0.15) is 96.4 Å². The minimum Gasteiger partial charge on any atom is -0.422 e. The van der Waals surface area contributed by atoms with Gasteiger partial charge in [0.25, 0.3) is 0 Å². The molecule has 32 heavy (non-hydrogen) atoms. The summed E-state index contributed by atoms with van der Waals surface area (Å²) in [7, 11) is 0. The number of carbonyl (C=O) groups is 1. The zero-order valence-electron chi connectivity index (χ0n) is 20.1. The van der Waals surface area contributed by atoms with Crippen molar-refractivity contribution in [2.24, 2.45) is 11.3 Å². The van der Waals surface area contributed by atoms with E-state index in [0.29, 0.717) is 23.5 Å². The molecule has 1 saturated carbocycles. The Hall–Kier alpha value is -2.43. The summed E-state index contributed by atoms with van der Waals surface area (Å²) < 4.78 is 7.74. The first-order chi connectivity index (χ1) is 15.4. The van der Waals surface area contributed by atoms with Crippen LogP contribution in [-0.2, 0) is 11.2 Å². The topological polar surface area (TPSA) is 60.4 Å². The Morgan fingerprint density at radius 2 is 1.81 bits per heavy atom. The Balaban J connectivity index is 1.37. The SMILES string of the molecule is CCCCCCc1nc2oc(-c3ccc(C4CCC(C(C)(C)C(C)=O)CC4)cc3)cn2n1. The molecule has 0 unspecified atom stereocenters. The molecule has 1 aromatic carbocycles. The van der Waals surface area contributed by atoms with Crippen LogP contribution < -0.4 is 0 Å². The van der Waals surface area contributed by atoms with Crippen molar-refractivity contribution in [2.75, 3.05) is 0 Å². The minimum absolute atomic E-state index is 0.199. The van der Waals surface area contributed by atoms with Crippen molar-refractivity contribution < 1.29 is 9.21 Å². The molecule has 0 spiro atoms. The third-order valence-corrected chi connectivity index (χ3v) is 7.66. The summed E-state index contributed by atoms with van der Waals surface area (Å²) in [5.41, 5.74) is 2.24. The third kappa shape index (κ3) is 4.82. The van der Waals surface area contributed by atoms with E-state index in [1.807, 2.05) is 6.20 Å². The number of oxazole rings is 1. The first-order valence-electron chi connectivity index (χ1n) is 12.3. The summed E-state index contributed by atoms with van der Waals surface area (Å²) in [6, 6.07) is 8.75. The maximum absolute atomic E-state index is 12.0. The van der Waals surface area contributed by atoms with E-state index in [1.165, 1.54) is 24.8 Å². The highest BCUT2D eigenvalue weighted by Gasteiger charge is 2.36. The van der Waals surface area contributed by atoms with Crippen molar-refractivity contribution in [2.45, 2.75) is 91.4 Å². The maximum Gasteiger partial charge on any atom is 0.325 e. The Kier molecular flexibility index (Phi) is 6.82. The molecule has 0 aliphatic heterocycles. The van der Waals surface area contributed by atoms with Gasteiger partial charge in [0.2, 0.25) is 0 Å². The van der Waals surface area contributed by atoms with Gasteiger partial charge in [-0.2, -0.15) is 9.50 Å². The van der Waals surface area contributed by atoms with E-state index in [0.717, 1.165) is 55.7 Å². The molecule has 0 bridgehead atoms. The number of aromatic nitrogens is 3. The maximum atomic E-state index is 12.0. The molecule has 0 N–H and O–H groups in total. The van der Waals surface area contributed by atoms with Crippen LogP contribution in [0.3, 0.4) is 0 Å². The van der Waals surface area contributed by atoms with Crippen LogP contribution in [0.4, 0.5) is 0 Å². The van der Waals surface area contributed by atoms with Crippen LogP contribution in [0.5, 0.6) is 0 Å². The smallest absolute Gasteiger partial charge is 0.325 e. The van der Waals surface area contributed by atoms with E-state index in [9.17, 15) is 4.79 Å². The Morgan fingerprint density at radius 3 is 2.44 bits per heavy atom. The molecule has 2 aromatic heterocycles. The molecule has 172 valence electrons. The highest BCUT2D eigenvalue weighted by atomic mass is 16.4. The number of benzene rings is 1. The van der Waals surface area contributed by atoms with Gasteiger partial charge in [0.05, 0.1) is 6.20 Å². The highest BCUT2D eigenvalue weighted by molar-refractivity contribution is 5.81. The lowest BCUT2D eigenvalue weighted by Gasteiger charge is -2.37. The first kappa shape index (κ1) is 22.8. The molecular formula is C27H37N3O2. The lowest BCUT2D eigenvalue weighted by molar-refractivity contribution is -0.128. The number of hydrogen-bond donors (Lipinski definition) is 0. The molecular weight excluding hydrogens is 398 g/mol. The van der Waals surface area contributed by atoms with E-state index in [1.54, 1.807) is 11.4 Å². The number of ketones is 1. The van der Waals surface area contributed by atoms with E-state index in [4.69, 9.17) is 4.42 Å². The number of fused-ring (bicyclic) bond motifs is 1. The van der Waals surface area contributed by atoms with Gasteiger partial charge in [0, 0.05) is 17.4 Å². The van der Waals surface area contributed by atoms with Gasteiger partial charge >= 0.3 is 5.84 Å². The molecule has 0 saturated heterocycles. The normalized spacial score (nSPS) is 19.5. The molecule has 0 radical (unpaired) electrons. The molecule has 0 atom stereocenters. The number of hydrogen-bond acceptors (Lipinski definition) is 4. The lowest BCUT2D eigenvalue weighted by atomic mass is 9.66. The van der Waals surface area contributed by atoms with Crippen LogP contribution in [-0.4, -0.2) is 20.4 Å². The van der Waals surface area contributed by atoms with Crippen LogP contribution in [0.15, 0.2) is 34.9 Å². The van der Waals surface area contributed by atoms with Crippen molar-refractivity contribution in [3.05, 3.63) is 41.9 Å². The number of unbranched alkanes of at least 4 members (excludes halogenated alkanes) is 3. The fraction of sp³-hybridized carbons (Fsp3) is 0.593. The largest absolute Gasteiger partial charge is 0.422 e. The predicted octanol–water partition coefficient (Wildman–Crippen LogP) is 7.00. The molecule has 2 heterocycles. The number of nitrogens with zero attached hydrogens (tertiary/aromatic N) is 3. The van der Waals surface area contributed by atoms with Gasteiger partial charge in [-0.1, -0.05) is 64.3 Å². The second-order valence-corrected chi connectivity index (χ2v) is 10.1. The summed E-state index contributed by atoms with van der Waals surface area (Å²) >= 11 is 0. The van der Waals surface area contributed by atoms with Gasteiger partial charge in [-0.25, -0.2) is 0 Å². The fourth-order valence-corrected chi connectivity index (χ4v) is 5.05. The van der Waals surface area contributed by atoms with Crippen LogP contribution in [0.25, 0.3) is 17.2 Å². The van der Waals surface area contributed by atoms with E-state index in [-0.39, 0.29) is 5.41 Å². The summed E-state index contributed by atoms with van der Waals surface area (Å²) in [6.07, 6.45) is 12.3. The Morgan fingerprint density at radius 1 is 1.09 bits per heavy atom. The van der Waals surface area contributed by atoms with Crippen molar-refractivity contribution in [1.82, 2.24) is 14.6 Å². The van der Waals surface area contributed by atoms with Crippen LogP contribution in [0, 0.1) is 11.3 Å². The number of carbonyl (C=O) groups excluding carboxylic acids is 1. The zero-order valence-corrected chi connectivity index (χ0v) is 20.1. The lowest BCUT2D eigenvalue weighted by Crippen LogP contribution is -2.33. The number of aryl methyl sites for hydroxylation is 1. The van der Waals surface area contributed by atoms with E-state index >= 15 is 0 Å². The average molecular weight is 436 g/mol. The quantitative estimate of drug-likeness (QED) is 0.339. The van der Waals surface area contributed by atoms with Crippen molar-refractivity contribution in [3.63, 3.8) is 0 Å². The van der Waals surface area contributed by atoms with Gasteiger partial charge in [0.1, 0.15) is 5.78 Å². The molecule has 3 aromatic rings. The van der Waals surface area contributed by atoms with Gasteiger partial charge in [0.15, 0.2) is 11.6 Å². The average Bonchev–Trinajstić information content (AvgIpc) is 3.36. The Bertz CT molecular complexity index is 1010. The second kappa shape index (κ2) is 9.60. The van der Waals surface area contributed by atoms with E-state index < -0.39 is 0 Å². The molecule has 0 amide bonds. The van der Waals surface area contributed by atoms with Crippen molar-refractivity contribution in [1.29, 1.82) is 0 Å². The predicted molar refractivity (Wildman–Crippen MR) is 128 cm³/mol. The summed E-state index contributed by atoms with van der Waals surface area (Å²) in [4.78, 5) is 16.6. The standard InChI is InChI=1S/C27H37N3O2/c1-5-6-7-8-9-25-28-26-30(29-25)18-24(32-26)22-12-10-20(11-13-22)21-14-16-23(17-15-21)27(3,4)19(2)31/h10-13,18,21,23H,5-9,14-17H2,1-4H3. The summed E-state index contributed by atoms with van der Waals surface area (Å²) in [6.45, 7) is 8.18. The van der Waals surface area contributed by atoms with Gasteiger partial charge in [-0.3, -0.25) is 4.79 Å². The molecule has 4 rings (SSSR count). The van der Waals surface area contributed by atoms with E-state index in [2.05, 4.69) is 55.1 Å². The summed E-state index contributed by atoms with van der Waals surface area (Å²) in [5.74, 6) is 3.63. The Labute approximate surface area is 191 Å². The first-order valence-corrected chi connectivity index (χ1v) is 12.3. The fourth-order valence-electron chi connectivity index (χ4n) is 5.05. The van der Waals surface area contributed by atoms with Crippen LogP contribution in [0.2, 0.25) is 0 Å². The second-order valence-electron chi connectivity index (χ2n) is 10.1. The number of rotatable bonds is 9. The van der Waals surface area contributed by atoms with Gasteiger partial charge in [-0.15, -0.1) is 5.10 Å².